The number of aryl methyl sites for hydroxylation is 1. The van der Waals surface area contributed by atoms with Crippen LogP contribution in [0.3, 0.4) is 0 Å². The molecule has 2 aromatic rings. The molecule has 0 aliphatic carbocycles. The van der Waals surface area contributed by atoms with Gasteiger partial charge in [0.25, 0.3) is 0 Å². The van der Waals surface area contributed by atoms with E-state index in [1.165, 1.54) is 15.3 Å². The van der Waals surface area contributed by atoms with E-state index >= 15 is 0 Å². The van der Waals surface area contributed by atoms with Crippen LogP contribution in [0.25, 0.3) is 0 Å². The minimum absolute atomic E-state index is 0.823. The Labute approximate surface area is 124 Å². The predicted octanol–water partition coefficient (Wildman–Crippen LogP) is 2.96. The van der Waals surface area contributed by atoms with Crippen molar-refractivity contribution in [3.05, 3.63) is 57.8 Å². The van der Waals surface area contributed by atoms with Gasteiger partial charge in [-0.05, 0) is 31.0 Å². The van der Waals surface area contributed by atoms with Gasteiger partial charge in [-0.15, -0.1) is 11.3 Å². The Morgan fingerprint density at radius 3 is 2.55 bits per heavy atom. The summed E-state index contributed by atoms with van der Waals surface area (Å²) < 4.78 is 0. The summed E-state index contributed by atoms with van der Waals surface area (Å²) in [6.45, 7) is 3.83. The zero-order valence-corrected chi connectivity index (χ0v) is 12.8. The number of hydrogen-bond acceptors (Lipinski definition) is 2. The molecule has 20 heavy (non-hydrogen) atoms. The number of aliphatic imine (C=N–C) groups is 1. The summed E-state index contributed by atoms with van der Waals surface area (Å²) >= 11 is 1.82. The van der Waals surface area contributed by atoms with Crippen LogP contribution in [0.4, 0.5) is 0 Å². The Morgan fingerprint density at radius 1 is 1.10 bits per heavy atom. The van der Waals surface area contributed by atoms with Gasteiger partial charge < -0.3 is 10.6 Å². The Hall–Kier alpha value is -1.81. The van der Waals surface area contributed by atoms with E-state index in [1.54, 1.807) is 7.05 Å². The first kappa shape index (κ1) is 14.6. The highest BCUT2D eigenvalue weighted by molar-refractivity contribution is 7.11. The molecule has 1 aromatic carbocycles. The molecular weight excluding hydrogens is 266 g/mol. The second-order valence-corrected chi connectivity index (χ2v) is 5.97. The van der Waals surface area contributed by atoms with Gasteiger partial charge in [-0.2, -0.15) is 0 Å². The lowest BCUT2D eigenvalue weighted by molar-refractivity contribution is 0.799. The molecule has 0 aliphatic heterocycles. The van der Waals surface area contributed by atoms with Crippen molar-refractivity contribution in [3.63, 3.8) is 0 Å². The lowest BCUT2D eigenvalue weighted by Crippen LogP contribution is -2.37. The van der Waals surface area contributed by atoms with Crippen LogP contribution in [0.15, 0.2) is 47.5 Å². The molecule has 0 saturated heterocycles. The number of nitrogens with one attached hydrogen (secondary N) is 2. The second-order valence-electron chi connectivity index (χ2n) is 4.60. The smallest absolute Gasteiger partial charge is 0.191 e. The van der Waals surface area contributed by atoms with Gasteiger partial charge >= 0.3 is 0 Å². The van der Waals surface area contributed by atoms with Crippen molar-refractivity contribution < 1.29 is 0 Å². The number of hydrogen-bond donors (Lipinski definition) is 2. The fourth-order valence-corrected chi connectivity index (χ4v) is 2.77. The van der Waals surface area contributed by atoms with Gasteiger partial charge in [-0.3, -0.25) is 4.99 Å². The van der Waals surface area contributed by atoms with Crippen LogP contribution in [0.5, 0.6) is 0 Å². The van der Waals surface area contributed by atoms with Crippen molar-refractivity contribution in [1.82, 2.24) is 10.6 Å². The first-order valence-corrected chi connectivity index (χ1v) is 7.63. The molecule has 0 spiro atoms. The first-order valence-electron chi connectivity index (χ1n) is 6.81. The van der Waals surface area contributed by atoms with Crippen molar-refractivity contribution in [2.75, 3.05) is 13.6 Å². The monoisotopic (exact) mass is 287 g/mol. The maximum absolute atomic E-state index is 4.24. The lowest BCUT2D eigenvalue weighted by atomic mass is 10.1. The largest absolute Gasteiger partial charge is 0.356 e. The van der Waals surface area contributed by atoms with Gasteiger partial charge in [0, 0.05) is 23.3 Å². The Morgan fingerprint density at radius 2 is 1.90 bits per heavy atom. The molecule has 106 valence electrons. The van der Waals surface area contributed by atoms with Crippen LogP contribution >= 0.6 is 11.3 Å². The normalized spacial score (nSPS) is 11.4. The number of thiophene rings is 1. The van der Waals surface area contributed by atoms with Gasteiger partial charge in [0.15, 0.2) is 5.96 Å². The Bertz CT molecular complexity index is 546. The molecule has 0 saturated carbocycles. The maximum Gasteiger partial charge on any atom is 0.191 e. The number of benzene rings is 1. The minimum Gasteiger partial charge on any atom is -0.356 e. The second kappa shape index (κ2) is 7.70. The van der Waals surface area contributed by atoms with Crippen LogP contribution in [0.1, 0.15) is 15.3 Å². The van der Waals surface area contributed by atoms with Crippen molar-refractivity contribution in [2.45, 2.75) is 19.9 Å². The van der Waals surface area contributed by atoms with E-state index in [0.29, 0.717) is 0 Å². The average molecular weight is 287 g/mol. The van der Waals surface area contributed by atoms with E-state index < -0.39 is 0 Å². The molecule has 0 bridgehead atoms. The van der Waals surface area contributed by atoms with E-state index in [-0.39, 0.29) is 0 Å². The summed E-state index contributed by atoms with van der Waals surface area (Å²) in [5.41, 5.74) is 1.34. The Balaban J connectivity index is 1.73. The van der Waals surface area contributed by atoms with Crippen molar-refractivity contribution >= 4 is 17.3 Å². The zero-order valence-electron chi connectivity index (χ0n) is 12.0. The third-order valence-electron chi connectivity index (χ3n) is 3.00. The zero-order chi connectivity index (χ0) is 14.2. The molecule has 3 nitrogen and oxygen atoms in total. The fraction of sp³-hybridized carbons (Fsp3) is 0.312. The van der Waals surface area contributed by atoms with E-state index in [2.05, 4.69) is 58.9 Å². The van der Waals surface area contributed by atoms with Crippen LogP contribution < -0.4 is 10.6 Å². The van der Waals surface area contributed by atoms with Gasteiger partial charge in [-0.1, -0.05) is 30.3 Å². The molecular formula is C16H21N3S. The van der Waals surface area contributed by atoms with Crippen LogP contribution in [-0.4, -0.2) is 19.6 Å². The average Bonchev–Trinajstić information content (AvgIpc) is 2.89. The predicted molar refractivity (Wildman–Crippen MR) is 87.4 cm³/mol. The van der Waals surface area contributed by atoms with Gasteiger partial charge in [0.05, 0.1) is 6.54 Å². The molecule has 0 atom stereocenters. The summed E-state index contributed by atoms with van der Waals surface area (Å²) in [4.78, 5) is 6.91. The molecule has 0 unspecified atom stereocenters. The standard InChI is InChI=1S/C16H21N3S/c1-13-8-9-15(20-13)12-19-16(17-2)18-11-10-14-6-4-3-5-7-14/h3-9H,10-12H2,1-2H3,(H2,17,18,19). The number of guanidine groups is 1. The topological polar surface area (TPSA) is 36.4 Å². The summed E-state index contributed by atoms with van der Waals surface area (Å²) in [6.07, 6.45) is 1.000. The van der Waals surface area contributed by atoms with Crippen molar-refractivity contribution in [3.8, 4) is 0 Å². The van der Waals surface area contributed by atoms with E-state index in [4.69, 9.17) is 0 Å². The molecule has 1 heterocycles. The van der Waals surface area contributed by atoms with Gasteiger partial charge in [-0.25, -0.2) is 0 Å². The van der Waals surface area contributed by atoms with Crippen molar-refractivity contribution in [1.29, 1.82) is 0 Å². The van der Waals surface area contributed by atoms with E-state index in [9.17, 15) is 0 Å². The quantitative estimate of drug-likeness (QED) is 0.655. The van der Waals surface area contributed by atoms with Gasteiger partial charge in [0.1, 0.15) is 0 Å². The Kier molecular flexibility index (Phi) is 5.62. The molecule has 0 aliphatic rings. The molecule has 0 fully saturated rings. The summed E-state index contributed by atoms with van der Waals surface area (Å²) in [7, 11) is 1.80. The summed E-state index contributed by atoms with van der Waals surface area (Å²) in [6, 6.07) is 14.8. The summed E-state index contributed by atoms with van der Waals surface area (Å²) in [5, 5.41) is 6.67. The molecule has 4 heteroatoms. The molecule has 1 aromatic heterocycles. The minimum atomic E-state index is 0.823. The molecule has 0 radical (unpaired) electrons. The SMILES string of the molecule is CN=C(NCCc1ccccc1)NCc1ccc(C)s1. The molecule has 2 N–H and O–H groups in total. The van der Waals surface area contributed by atoms with Crippen LogP contribution in [0, 0.1) is 6.92 Å². The third-order valence-corrected chi connectivity index (χ3v) is 4.00. The highest BCUT2D eigenvalue weighted by Gasteiger charge is 2.00. The van der Waals surface area contributed by atoms with E-state index in [0.717, 1.165) is 25.5 Å². The fourth-order valence-electron chi connectivity index (χ4n) is 1.94. The van der Waals surface area contributed by atoms with E-state index in [1.807, 2.05) is 17.4 Å². The molecule has 0 amide bonds. The number of nitrogens with zero attached hydrogens (tertiary/aromatic N) is 1. The summed E-state index contributed by atoms with van der Waals surface area (Å²) in [5.74, 6) is 0.854. The van der Waals surface area contributed by atoms with Crippen LogP contribution in [-0.2, 0) is 13.0 Å². The highest BCUT2D eigenvalue weighted by atomic mass is 32.1. The maximum atomic E-state index is 4.24. The van der Waals surface area contributed by atoms with Gasteiger partial charge in [0.2, 0.25) is 0 Å². The lowest BCUT2D eigenvalue weighted by Gasteiger charge is -2.11. The highest BCUT2D eigenvalue weighted by Crippen LogP contribution is 2.14. The van der Waals surface area contributed by atoms with Crippen LogP contribution in [0.2, 0.25) is 0 Å². The first-order chi connectivity index (χ1) is 9.78. The third kappa shape index (κ3) is 4.70. The molecule has 2 rings (SSSR count). The number of rotatable bonds is 5. The van der Waals surface area contributed by atoms with Crippen molar-refractivity contribution in [2.24, 2.45) is 4.99 Å².